The molecule has 1 saturated carbocycles. The van der Waals surface area contributed by atoms with Crippen molar-refractivity contribution in [1.82, 2.24) is 4.72 Å². The molecule has 18 heavy (non-hydrogen) atoms. The van der Waals surface area contributed by atoms with E-state index in [1.54, 1.807) is 13.8 Å². The van der Waals surface area contributed by atoms with E-state index in [0.29, 0.717) is 12.8 Å². The molecule has 1 rings (SSSR count). The maximum absolute atomic E-state index is 12.1. The molecule has 5 nitrogen and oxygen atoms in total. The van der Waals surface area contributed by atoms with E-state index in [2.05, 4.69) is 0 Å². The minimum Gasteiger partial charge on any atom is -0.299 e. The topological polar surface area (TPSA) is 80.3 Å². The molecule has 0 aromatic carbocycles. The normalized spacial score (nSPS) is 18.9. The maximum Gasteiger partial charge on any atom is 0.240 e. The van der Waals surface area contributed by atoms with Crippen molar-refractivity contribution in [3.05, 3.63) is 0 Å². The molecule has 0 bridgehead atoms. The molecule has 0 saturated heterocycles. The van der Waals surface area contributed by atoms with Gasteiger partial charge in [-0.25, -0.2) is 8.42 Å². The minimum absolute atomic E-state index is 0.0144. The molecule has 104 valence electrons. The van der Waals surface area contributed by atoms with Gasteiger partial charge in [0, 0.05) is 12.3 Å². The fraction of sp³-hybridized carbons (Fsp3) is 0.833. The predicted molar refractivity (Wildman–Crippen MR) is 68.3 cm³/mol. The third kappa shape index (κ3) is 3.80. The molecule has 0 aromatic rings. The fourth-order valence-corrected chi connectivity index (χ4v) is 2.90. The molecule has 1 aliphatic carbocycles. The van der Waals surface area contributed by atoms with Gasteiger partial charge < -0.3 is 0 Å². The Bertz CT molecular complexity index is 433. The first-order valence-corrected chi connectivity index (χ1v) is 8.10. The molecule has 0 spiro atoms. The number of ketones is 1. The molecule has 1 aliphatic rings. The van der Waals surface area contributed by atoms with Crippen LogP contribution in [0, 0.1) is 11.3 Å². The number of amides is 1. The van der Waals surface area contributed by atoms with Gasteiger partial charge in [-0.3, -0.25) is 14.3 Å². The van der Waals surface area contributed by atoms with Crippen LogP contribution in [0.15, 0.2) is 0 Å². The summed E-state index contributed by atoms with van der Waals surface area (Å²) in [6.45, 7) is 3.58. The number of nitrogens with one attached hydrogen (secondary N) is 1. The van der Waals surface area contributed by atoms with Crippen molar-refractivity contribution >= 4 is 21.7 Å². The monoisotopic (exact) mass is 275 g/mol. The molecule has 0 atom stereocenters. The first kappa shape index (κ1) is 15.1. The molecule has 1 fully saturated rings. The van der Waals surface area contributed by atoms with Gasteiger partial charge in [0.15, 0.2) is 0 Å². The Balaban J connectivity index is 2.87. The van der Waals surface area contributed by atoms with E-state index < -0.39 is 21.3 Å². The highest BCUT2D eigenvalue weighted by atomic mass is 32.2. The Morgan fingerprint density at radius 2 is 1.72 bits per heavy atom. The van der Waals surface area contributed by atoms with Crippen molar-refractivity contribution in [2.75, 3.05) is 6.26 Å². The van der Waals surface area contributed by atoms with E-state index in [9.17, 15) is 18.0 Å². The third-order valence-electron chi connectivity index (χ3n) is 3.48. The van der Waals surface area contributed by atoms with Crippen LogP contribution in [0.25, 0.3) is 0 Å². The van der Waals surface area contributed by atoms with E-state index >= 15 is 0 Å². The number of hydrogen-bond donors (Lipinski definition) is 1. The van der Waals surface area contributed by atoms with Crippen LogP contribution >= 0.6 is 0 Å². The van der Waals surface area contributed by atoms with Crippen molar-refractivity contribution in [2.45, 2.75) is 46.0 Å². The lowest BCUT2D eigenvalue weighted by Crippen LogP contribution is -2.43. The maximum atomic E-state index is 12.1. The summed E-state index contributed by atoms with van der Waals surface area (Å²) < 4.78 is 24.3. The SMILES string of the molecule is CC(C)C(=O)CC1(C(=O)NS(C)(=O)=O)CCCC1. The van der Waals surface area contributed by atoms with Gasteiger partial charge in [0.05, 0.1) is 11.7 Å². The van der Waals surface area contributed by atoms with Gasteiger partial charge in [0.25, 0.3) is 0 Å². The first-order valence-electron chi connectivity index (χ1n) is 6.21. The first-order chi connectivity index (χ1) is 8.16. The molecule has 0 radical (unpaired) electrons. The van der Waals surface area contributed by atoms with E-state index in [-0.39, 0.29) is 18.1 Å². The van der Waals surface area contributed by atoms with E-state index in [4.69, 9.17) is 0 Å². The van der Waals surface area contributed by atoms with Crippen LogP contribution in [0.4, 0.5) is 0 Å². The van der Waals surface area contributed by atoms with Crippen LogP contribution in [0.2, 0.25) is 0 Å². The Hall–Kier alpha value is -0.910. The zero-order chi connectivity index (χ0) is 14.0. The number of Topliss-reactive ketones (excluding diaryl/α,β-unsaturated/α-hetero) is 1. The van der Waals surface area contributed by atoms with Crippen LogP contribution < -0.4 is 4.72 Å². The average molecular weight is 275 g/mol. The summed E-state index contributed by atoms with van der Waals surface area (Å²) in [4.78, 5) is 23.9. The fourth-order valence-electron chi connectivity index (χ4n) is 2.35. The zero-order valence-electron chi connectivity index (χ0n) is 11.2. The Morgan fingerprint density at radius 1 is 1.22 bits per heavy atom. The van der Waals surface area contributed by atoms with Crippen LogP contribution in [0.1, 0.15) is 46.0 Å². The minimum atomic E-state index is -3.57. The van der Waals surface area contributed by atoms with Crippen LogP contribution in [-0.4, -0.2) is 26.4 Å². The Morgan fingerprint density at radius 3 is 2.11 bits per heavy atom. The predicted octanol–water partition coefficient (Wildman–Crippen LogP) is 1.24. The number of rotatable bonds is 5. The van der Waals surface area contributed by atoms with Crippen molar-refractivity contribution < 1.29 is 18.0 Å². The number of hydrogen-bond acceptors (Lipinski definition) is 4. The van der Waals surface area contributed by atoms with Crippen LogP contribution in [-0.2, 0) is 19.6 Å². The summed E-state index contributed by atoms with van der Waals surface area (Å²) in [5, 5.41) is 0. The number of carbonyl (C=O) groups is 2. The smallest absolute Gasteiger partial charge is 0.240 e. The molecule has 1 amide bonds. The molecule has 0 unspecified atom stereocenters. The van der Waals surface area contributed by atoms with Gasteiger partial charge in [-0.1, -0.05) is 26.7 Å². The summed E-state index contributed by atoms with van der Waals surface area (Å²) >= 11 is 0. The molecule has 0 aliphatic heterocycles. The zero-order valence-corrected chi connectivity index (χ0v) is 12.0. The van der Waals surface area contributed by atoms with E-state index in [0.717, 1.165) is 19.1 Å². The highest BCUT2D eigenvalue weighted by Gasteiger charge is 2.43. The molecule has 6 heteroatoms. The molecular formula is C12H21NO4S. The largest absolute Gasteiger partial charge is 0.299 e. The second kappa shape index (κ2) is 5.38. The van der Waals surface area contributed by atoms with Crippen molar-refractivity contribution in [3.8, 4) is 0 Å². The van der Waals surface area contributed by atoms with Gasteiger partial charge in [-0.15, -0.1) is 0 Å². The third-order valence-corrected chi connectivity index (χ3v) is 4.03. The van der Waals surface area contributed by atoms with E-state index in [1.165, 1.54) is 0 Å². The lowest BCUT2D eigenvalue weighted by Gasteiger charge is -2.27. The highest BCUT2D eigenvalue weighted by molar-refractivity contribution is 7.89. The highest BCUT2D eigenvalue weighted by Crippen LogP contribution is 2.42. The van der Waals surface area contributed by atoms with Crippen LogP contribution in [0.3, 0.4) is 0 Å². The van der Waals surface area contributed by atoms with Gasteiger partial charge in [-0.2, -0.15) is 0 Å². The Labute approximate surface area is 108 Å². The van der Waals surface area contributed by atoms with Crippen molar-refractivity contribution in [1.29, 1.82) is 0 Å². The summed E-state index contributed by atoms with van der Waals surface area (Å²) in [6, 6.07) is 0. The number of sulfonamides is 1. The molecule has 0 aromatic heterocycles. The van der Waals surface area contributed by atoms with E-state index in [1.807, 2.05) is 4.72 Å². The molecule has 1 N–H and O–H groups in total. The van der Waals surface area contributed by atoms with Crippen molar-refractivity contribution in [3.63, 3.8) is 0 Å². The van der Waals surface area contributed by atoms with Crippen molar-refractivity contribution in [2.24, 2.45) is 11.3 Å². The van der Waals surface area contributed by atoms with Gasteiger partial charge in [0.1, 0.15) is 5.78 Å². The van der Waals surface area contributed by atoms with Gasteiger partial charge in [0.2, 0.25) is 15.9 Å². The summed E-state index contributed by atoms with van der Waals surface area (Å²) in [7, 11) is -3.57. The van der Waals surface area contributed by atoms with Gasteiger partial charge >= 0.3 is 0 Å². The number of carbonyl (C=O) groups excluding carboxylic acids is 2. The lowest BCUT2D eigenvalue weighted by molar-refractivity contribution is -0.135. The molecular weight excluding hydrogens is 254 g/mol. The molecule has 0 heterocycles. The van der Waals surface area contributed by atoms with Gasteiger partial charge in [-0.05, 0) is 12.8 Å². The second-order valence-corrected chi connectivity index (χ2v) is 7.24. The summed E-state index contributed by atoms with van der Waals surface area (Å²) in [5.41, 5.74) is -0.815. The average Bonchev–Trinajstić information content (AvgIpc) is 2.64. The standard InChI is InChI=1S/C12H21NO4S/c1-9(2)10(14)8-12(6-4-5-7-12)11(15)13-18(3,16)17/h9H,4-8H2,1-3H3,(H,13,15). The quantitative estimate of drug-likeness (QED) is 0.818. The van der Waals surface area contributed by atoms with Crippen LogP contribution in [0.5, 0.6) is 0 Å². The lowest BCUT2D eigenvalue weighted by atomic mass is 9.78. The second-order valence-electron chi connectivity index (χ2n) is 5.49. The summed E-state index contributed by atoms with van der Waals surface area (Å²) in [6.07, 6.45) is 4.01. The Kier molecular flexibility index (Phi) is 4.53. The summed E-state index contributed by atoms with van der Waals surface area (Å²) in [5.74, 6) is -0.634.